The largest absolute Gasteiger partial charge is 0.381 e. The molecule has 1 fully saturated rings. The number of methoxy groups -OCH3 is 1. The van der Waals surface area contributed by atoms with E-state index in [0.717, 1.165) is 57.8 Å². The molecule has 1 aromatic heterocycles. The zero-order valence-corrected chi connectivity index (χ0v) is 13.6. The second-order valence-corrected chi connectivity index (χ2v) is 6.27. The number of aromatic nitrogens is 3. The second kappa shape index (κ2) is 8.46. The number of hydrogen-bond acceptors (Lipinski definition) is 5. The first-order valence-corrected chi connectivity index (χ1v) is 8.02. The van der Waals surface area contributed by atoms with Crippen LogP contribution in [0.1, 0.15) is 32.4 Å². The van der Waals surface area contributed by atoms with E-state index in [1.807, 2.05) is 11.8 Å². The van der Waals surface area contributed by atoms with Gasteiger partial charge in [-0.3, -0.25) is 4.68 Å². The summed E-state index contributed by atoms with van der Waals surface area (Å²) < 4.78 is 7.35. The van der Waals surface area contributed by atoms with E-state index < -0.39 is 0 Å². The van der Waals surface area contributed by atoms with Gasteiger partial charge in [-0.25, -0.2) is 0 Å². The molecule has 6 heteroatoms. The molecule has 2 heterocycles. The molecule has 1 aliphatic rings. The number of rotatable bonds is 8. The van der Waals surface area contributed by atoms with Crippen LogP contribution in [0.4, 0.5) is 0 Å². The van der Waals surface area contributed by atoms with E-state index in [4.69, 9.17) is 4.74 Å². The van der Waals surface area contributed by atoms with Crippen LogP contribution in [0.3, 0.4) is 0 Å². The molecule has 1 aromatic rings. The third kappa shape index (κ3) is 5.73. The molecular formula is C15H29N5O. The summed E-state index contributed by atoms with van der Waals surface area (Å²) in [5.41, 5.74) is 1.02. The number of nitrogens with one attached hydrogen (secondary N) is 1. The monoisotopic (exact) mass is 295 g/mol. The van der Waals surface area contributed by atoms with E-state index in [2.05, 4.69) is 40.6 Å². The molecule has 0 atom stereocenters. The van der Waals surface area contributed by atoms with Gasteiger partial charge in [-0.05, 0) is 25.3 Å². The smallest absolute Gasteiger partial charge is 0.0964 e. The highest BCUT2D eigenvalue weighted by molar-refractivity contribution is 4.91. The molecule has 6 nitrogen and oxygen atoms in total. The average molecular weight is 295 g/mol. The highest BCUT2D eigenvalue weighted by Crippen LogP contribution is 2.12. The molecule has 0 unspecified atom stereocenters. The molecule has 0 bridgehead atoms. The molecule has 0 aromatic carbocycles. The van der Waals surface area contributed by atoms with Crippen molar-refractivity contribution >= 4 is 0 Å². The Kier molecular flexibility index (Phi) is 6.60. The molecule has 2 rings (SSSR count). The molecular weight excluding hydrogens is 266 g/mol. The minimum atomic E-state index is 0.450. The molecule has 0 spiro atoms. The van der Waals surface area contributed by atoms with E-state index in [9.17, 15) is 0 Å². The maximum absolute atomic E-state index is 5.40. The van der Waals surface area contributed by atoms with Crippen LogP contribution < -0.4 is 5.32 Å². The first-order valence-electron chi connectivity index (χ1n) is 8.02. The minimum Gasteiger partial charge on any atom is -0.381 e. The predicted octanol–water partition coefficient (Wildman–Crippen LogP) is 1.13. The lowest BCUT2D eigenvalue weighted by Crippen LogP contribution is -2.38. The third-order valence-corrected chi connectivity index (χ3v) is 3.96. The van der Waals surface area contributed by atoms with Crippen molar-refractivity contribution in [3.8, 4) is 0 Å². The Bertz CT molecular complexity index is 399. The lowest BCUT2D eigenvalue weighted by atomic mass is 10.1. The summed E-state index contributed by atoms with van der Waals surface area (Å²) in [5, 5.41) is 11.8. The van der Waals surface area contributed by atoms with E-state index >= 15 is 0 Å². The molecule has 1 saturated heterocycles. The van der Waals surface area contributed by atoms with Crippen molar-refractivity contribution in [3.05, 3.63) is 11.9 Å². The standard InChI is InChI=1S/C15H29N5O/c1-13(2)10-16-11-14-12-20(18-17-14)9-8-19-6-4-15(21-3)5-7-19/h12-13,15-16H,4-11H2,1-3H3. The SMILES string of the molecule is COC1CCN(CCn2cc(CNCC(C)C)nn2)CC1. The third-order valence-electron chi connectivity index (χ3n) is 3.96. The molecule has 0 aliphatic carbocycles. The first kappa shape index (κ1) is 16.4. The Labute approximate surface area is 127 Å². The van der Waals surface area contributed by atoms with Crippen LogP contribution in [0, 0.1) is 5.92 Å². The Morgan fingerprint density at radius 2 is 2.10 bits per heavy atom. The number of likely N-dealkylation sites (tertiary alicyclic amines) is 1. The van der Waals surface area contributed by atoms with Crippen molar-refractivity contribution in [1.29, 1.82) is 0 Å². The van der Waals surface area contributed by atoms with Gasteiger partial charge in [0, 0.05) is 39.5 Å². The number of nitrogens with zero attached hydrogens (tertiary/aromatic N) is 4. The van der Waals surface area contributed by atoms with Crippen LogP contribution >= 0.6 is 0 Å². The fourth-order valence-electron chi connectivity index (χ4n) is 2.63. The summed E-state index contributed by atoms with van der Waals surface area (Å²) in [5.74, 6) is 0.662. The van der Waals surface area contributed by atoms with Crippen molar-refractivity contribution in [2.45, 2.75) is 45.9 Å². The number of piperidine rings is 1. The second-order valence-electron chi connectivity index (χ2n) is 6.27. The van der Waals surface area contributed by atoms with Crippen LogP contribution in [0.5, 0.6) is 0 Å². The van der Waals surface area contributed by atoms with Crippen LogP contribution in [0.2, 0.25) is 0 Å². The van der Waals surface area contributed by atoms with Gasteiger partial charge in [-0.1, -0.05) is 19.1 Å². The maximum atomic E-state index is 5.40. The van der Waals surface area contributed by atoms with Crippen LogP contribution in [0.25, 0.3) is 0 Å². The fourth-order valence-corrected chi connectivity index (χ4v) is 2.63. The van der Waals surface area contributed by atoms with E-state index in [1.54, 1.807) is 0 Å². The van der Waals surface area contributed by atoms with Crippen molar-refractivity contribution in [2.75, 3.05) is 33.3 Å². The van der Waals surface area contributed by atoms with Gasteiger partial charge in [0.2, 0.25) is 0 Å². The van der Waals surface area contributed by atoms with Gasteiger partial charge in [0.05, 0.1) is 18.3 Å². The predicted molar refractivity (Wildman–Crippen MR) is 83.0 cm³/mol. The van der Waals surface area contributed by atoms with Gasteiger partial charge < -0.3 is 15.0 Å². The number of ether oxygens (including phenoxy) is 1. The van der Waals surface area contributed by atoms with Gasteiger partial charge in [-0.2, -0.15) is 0 Å². The first-order chi connectivity index (χ1) is 10.2. The lowest BCUT2D eigenvalue weighted by molar-refractivity contribution is 0.0399. The van der Waals surface area contributed by atoms with Crippen LogP contribution in [0.15, 0.2) is 6.20 Å². The van der Waals surface area contributed by atoms with Crippen molar-refractivity contribution in [3.63, 3.8) is 0 Å². The van der Waals surface area contributed by atoms with Gasteiger partial charge in [0.15, 0.2) is 0 Å². The summed E-state index contributed by atoms with van der Waals surface area (Å²) in [7, 11) is 1.81. The maximum Gasteiger partial charge on any atom is 0.0964 e. The lowest BCUT2D eigenvalue weighted by Gasteiger charge is -2.30. The number of hydrogen-bond donors (Lipinski definition) is 1. The zero-order chi connectivity index (χ0) is 15.1. The van der Waals surface area contributed by atoms with Gasteiger partial charge >= 0.3 is 0 Å². The summed E-state index contributed by atoms with van der Waals surface area (Å²) in [6, 6.07) is 0. The average Bonchev–Trinajstić information content (AvgIpc) is 2.93. The Hall–Kier alpha value is -0.980. The fraction of sp³-hybridized carbons (Fsp3) is 0.867. The van der Waals surface area contributed by atoms with Gasteiger partial charge in [0.25, 0.3) is 0 Å². The van der Waals surface area contributed by atoms with Gasteiger partial charge in [-0.15, -0.1) is 5.10 Å². The van der Waals surface area contributed by atoms with Crippen molar-refractivity contribution in [2.24, 2.45) is 5.92 Å². The Morgan fingerprint density at radius 3 is 2.76 bits per heavy atom. The molecule has 120 valence electrons. The zero-order valence-electron chi connectivity index (χ0n) is 13.6. The highest BCUT2D eigenvalue weighted by Gasteiger charge is 2.18. The quantitative estimate of drug-likeness (QED) is 0.779. The normalized spacial score (nSPS) is 17.7. The van der Waals surface area contributed by atoms with Crippen LogP contribution in [-0.2, 0) is 17.8 Å². The van der Waals surface area contributed by atoms with Crippen molar-refractivity contribution < 1.29 is 4.74 Å². The summed E-state index contributed by atoms with van der Waals surface area (Å²) in [4.78, 5) is 2.48. The molecule has 0 amide bonds. The molecule has 0 saturated carbocycles. The van der Waals surface area contributed by atoms with E-state index in [0.29, 0.717) is 12.0 Å². The molecule has 21 heavy (non-hydrogen) atoms. The van der Waals surface area contributed by atoms with Gasteiger partial charge in [0.1, 0.15) is 0 Å². The molecule has 1 aliphatic heterocycles. The Morgan fingerprint density at radius 1 is 1.33 bits per heavy atom. The topological polar surface area (TPSA) is 55.2 Å². The Balaban J connectivity index is 1.66. The summed E-state index contributed by atoms with van der Waals surface area (Å²) in [6.07, 6.45) is 4.78. The van der Waals surface area contributed by atoms with E-state index in [1.165, 1.54) is 0 Å². The molecule has 1 N–H and O–H groups in total. The van der Waals surface area contributed by atoms with E-state index in [-0.39, 0.29) is 0 Å². The summed E-state index contributed by atoms with van der Waals surface area (Å²) in [6.45, 7) is 10.4. The summed E-state index contributed by atoms with van der Waals surface area (Å²) >= 11 is 0. The highest BCUT2D eigenvalue weighted by atomic mass is 16.5. The molecule has 0 radical (unpaired) electrons. The minimum absolute atomic E-state index is 0.450. The van der Waals surface area contributed by atoms with Crippen LogP contribution in [-0.4, -0.2) is 59.3 Å². The van der Waals surface area contributed by atoms with Crippen molar-refractivity contribution in [1.82, 2.24) is 25.2 Å².